The Balaban J connectivity index is 4.06. The van der Waals surface area contributed by atoms with Crippen LogP contribution in [-0.4, -0.2) is 11.7 Å². The summed E-state index contributed by atoms with van der Waals surface area (Å²) < 4.78 is 0. The fraction of sp³-hybridized carbons (Fsp3) is 0.556. The molecule has 0 aromatic carbocycles. The maximum Gasteiger partial charge on any atom is 0.224 e. The summed E-state index contributed by atoms with van der Waals surface area (Å²) in [4.78, 5) is 21.4. The van der Waals surface area contributed by atoms with Crippen molar-refractivity contribution in [2.24, 2.45) is 11.7 Å². The topological polar surface area (TPSA) is 60.2 Å². The van der Waals surface area contributed by atoms with Gasteiger partial charge in [0.15, 0.2) is 0 Å². The maximum atomic E-state index is 10.8. The molecule has 1 unspecified atom stereocenters. The highest BCUT2D eigenvalue weighted by molar-refractivity contribution is 5.81. The summed E-state index contributed by atoms with van der Waals surface area (Å²) >= 11 is 0. The van der Waals surface area contributed by atoms with Gasteiger partial charge in [-0.3, -0.25) is 4.79 Å². The van der Waals surface area contributed by atoms with Crippen LogP contribution in [0.4, 0.5) is 0 Å². The normalized spacial score (nSPS) is 12.2. The van der Waals surface area contributed by atoms with Crippen LogP contribution in [0.25, 0.3) is 0 Å². The Morgan fingerprint density at radius 1 is 1.42 bits per heavy atom. The molecule has 0 fully saturated rings. The highest BCUT2D eigenvalue weighted by Crippen LogP contribution is 2.14. The quantitative estimate of drug-likeness (QED) is 0.625. The smallest absolute Gasteiger partial charge is 0.224 e. The standard InChI is InChI=1S/C9H15NO2/c1-6(2)8(9(10)12)5-4-7(3)11/h8H,1,4-5H2,2-3H3,(H2,10,12). The lowest BCUT2D eigenvalue weighted by Crippen LogP contribution is -2.24. The van der Waals surface area contributed by atoms with Crippen molar-refractivity contribution in [3.8, 4) is 0 Å². The maximum absolute atomic E-state index is 10.8. The predicted molar refractivity (Wildman–Crippen MR) is 47.4 cm³/mol. The number of rotatable bonds is 5. The molecule has 0 rings (SSSR count). The van der Waals surface area contributed by atoms with Gasteiger partial charge in [-0.1, -0.05) is 12.2 Å². The number of carbonyl (C=O) groups is 2. The van der Waals surface area contributed by atoms with Crippen LogP contribution in [0.2, 0.25) is 0 Å². The van der Waals surface area contributed by atoms with Gasteiger partial charge >= 0.3 is 0 Å². The minimum absolute atomic E-state index is 0.0718. The van der Waals surface area contributed by atoms with Crippen molar-refractivity contribution in [1.82, 2.24) is 0 Å². The average molecular weight is 169 g/mol. The molecule has 3 heteroatoms. The number of hydrogen-bond donors (Lipinski definition) is 1. The van der Waals surface area contributed by atoms with Crippen LogP contribution in [0.1, 0.15) is 26.7 Å². The predicted octanol–water partition coefficient (Wildman–Crippen LogP) is 1.03. The van der Waals surface area contributed by atoms with Gasteiger partial charge in [-0.2, -0.15) is 0 Å². The van der Waals surface area contributed by atoms with Crippen LogP contribution in [0.15, 0.2) is 12.2 Å². The van der Waals surface area contributed by atoms with E-state index in [1.165, 1.54) is 6.92 Å². The zero-order valence-electron chi connectivity index (χ0n) is 7.59. The Morgan fingerprint density at radius 2 is 1.92 bits per heavy atom. The second-order valence-electron chi connectivity index (χ2n) is 3.04. The molecule has 3 nitrogen and oxygen atoms in total. The molecular weight excluding hydrogens is 154 g/mol. The molecule has 1 atom stereocenters. The van der Waals surface area contributed by atoms with E-state index < -0.39 is 5.91 Å². The third kappa shape index (κ3) is 3.91. The molecule has 0 aliphatic carbocycles. The number of carbonyl (C=O) groups excluding carboxylic acids is 2. The molecule has 0 heterocycles. The van der Waals surface area contributed by atoms with Crippen molar-refractivity contribution in [2.45, 2.75) is 26.7 Å². The number of primary amides is 1. The molecule has 68 valence electrons. The van der Waals surface area contributed by atoms with Crippen molar-refractivity contribution in [1.29, 1.82) is 0 Å². The minimum Gasteiger partial charge on any atom is -0.369 e. The summed E-state index contributed by atoms with van der Waals surface area (Å²) in [5, 5.41) is 0. The monoisotopic (exact) mass is 169 g/mol. The third-order valence-electron chi connectivity index (χ3n) is 1.72. The van der Waals surface area contributed by atoms with Gasteiger partial charge in [-0.05, 0) is 20.3 Å². The lowest BCUT2D eigenvalue weighted by atomic mass is 9.95. The SMILES string of the molecule is C=C(C)C(CCC(C)=O)C(N)=O. The second kappa shape index (κ2) is 4.70. The lowest BCUT2D eigenvalue weighted by Gasteiger charge is -2.11. The lowest BCUT2D eigenvalue weighted by molar-refractivity contribution is -0.121. The molecule has 12 heavy (non-hydrogen) atoms. The average Bonchev–Trinajstić information content (AvgIpc) is 1.84. The number of Topliss-reactive ketones (excluding diaryl/α,β-unsaturated/α-hetero) is 1. The summed E-state index contributed by atoms with van der Waals surface area (Å²) in [5.74, 6) is -0.680. The van der Waals surface area contributed by atoms with E-state index in [0.717, 1.165) is 5.57 Å². The molecule has 0 radical (unpaired) electrons. The molecule has 0 saturated heterocycles. The Morgan fingerprint density at radius 3 is 2.17 bits per heavy atom. The molecule has 0 aromatic heterocycles. The molecule has 0 bridgehead atoms. The summed E-state index contributed by atoms with van der Waals surface area (Å²) in [5.41, 5.74) is 5.84. The van der Waals surface area contributed by atoms with E-state index in [9.17, 15) is 9.59 Å². The van der Waals surface area contributed by atoms with Gasteiger partial charge in [0.05, 0.1) is 5.92 Å². The van der Waals surface area contributed by atoms with Gasteiger partial charge in [0.1, 0.15) is 5.78 Å². The van der Waals surface area contributed by atoms with Gasteiger partial charge in [0, 0.05) is 6.42 Å². The zero-order valence-corrected chi connectivity index (χ0v) is 7.59. The Bertz CT molecular complexity index is 195. The number of hydrogen-bond acceptors (Lipinski definition) is 2. The van der Waals surface area contributed by atoms with Crippen LogP contribution in [-0.2, 0) is 9.59 Å². The molecule has 0 saturated carbocycles. The highest BCUT2D eigenvalue weighted by atomic mass is 16.1. The molecule has 2 N–H and O–H groups in total. The molecule has 0 aliphatic heterocycles. The van der Waals surface area contributed by atoms with E-state index in [4.69, 9.17) is 5.73 Å². The van der Waals surface area contributed by atoms with Crippen LogP contribution in [0.3, 0.4) is 0 Å². The zero-order chi connectivity index (χ0) is 9.72. The van der Waals surface area contributed by atoms with Crippen molar-refractivity contribution in [3.63, 3.8) is 0 Å². The van der Waals surface area contributed by atoms with Gasteiger partial charge in [0.2, 0.25) is 5.91 Å². The Kier molecular flexibility index (Phi) is 4.26. The van der Waals surface area contributed by atoms with E-state index in [0.29, 0.717) is 12.8 Å². The molecule has 0 spiro atoms. The first kappa shape index (κ1) is 10.9. The summed E-state index contributed by atoms with van der Waals surface area (Å²) in [6.07, 6.45) is 0.875. The minimum atomic E-state index is -0.399. The van der Waals surface area contributed by atoms with Crippen LogP contribution >= 0.6 is 0 Å². The van der Waals surface area contributed by atoms with E-state index >= 15 is 0 Å². The van der Waals surface area contributed by atoms with Crippen molar-refractivity contribution < 1.29 is 9.59 Å². The van der Waals surface area contributed by atoms with Crippen molar-refractivity contribution >= 4 is 11.7 Å². The largest absolute Gasteiger partial charge is 0.369 e. The Hall–Kier alpha value is -1.12. The van der Waals surface area contributed by atoms with E-state index in [1.807, 2.05) is 0 Å². The Labute approximate surface area is 72.6 Å². The highest BCUT2D eigenvalue weighted by Gasteiger charge is 2.15. The number of nitrogens with two attached hydrogens (primary N) is 1. The van der Waals surface area contributed by atoms with Gasteiger partial charge in [0.25, 0.3) is 0 Å². The number of ketones is 1. The number of amides is 1. The van der Waals surface area contributed by atoms with Crippen LogP contribution in [0, 0.1) is 5.92 Å². The summed E-state index contributed by atoms with van der Waals surface area (Å²) in [6, 6.07) is 0. The molecule has 0 aliphatic rings. The van der Waals surface area contributed by atoms with Gasteiger partial charge < -0.3 is 10.5 Å². The van der Waals surface area contributed by atoms with Crippen LogP contribution < -0.4 is 5.73 Å². The molecule has 0 aromatic rings. The van der Waals surface area contributed by atoms with Gasteiger partial charge in [-0.15, -0.1) is 0 Å². The second-order valence-corrected chi connectivity index (χ2v) is 3.04. The third-order valence-corrected chi connectivity index (χ3v) is 1.72. The first-order chi connectivity index (χ1) is 5.45. The van der Waals surface area contributed by atoms with Crippen LogP contribution in [0.5, 0.6) is 0 Å². The summed E-state index contributed by atoms with van der Waals surface area (Å²) in [6.45, 7) is 6.88. The van der Waals surface area contributed by atoms with Gasteiger partial charge in [-0.25, -0.2) is 0 Å². The molecular formula is C9H15NO2. The van der Waals surface area contributed by atoms with E-state index in [1.54, 1.807) is 6.92 Å². The fourth-order valence-corrected chi connectivity index (χ4v) is 0.979. The first-order valence-corrected chi connectivity index (χ1v) is 3.89. The first-order valence-electron chi connectivity index (χ1n) is 3.89. The molecule has 1 amide bonds. The van der Waals surface area contributed by atoms with E-state index in [2.05, 4.69) is 6.58 Å². The fourth-order valence-electron chi connectivity index (χ4n) is 0.979. The van der Waals surface area contributed by atoms with Crippen molar-refractivity contribution in [3.05, 3.63) is 12.2 Å². The van der Waals surface area contributed by atoms with Crippen molar-refractivity contribution in [2.75, 3.05) is 0 Å². The summed E-state index contributed by atoms with van der Waals surface area (Å²) in [7, 11) is 0. The van der Waals surface area contributed by atoms with E-state index in [-0.39, 0.29) is 11.7 Å².